The molecule has 0 aromatic carbocycles. The third-order valence-electron chi connectivity index (χ3n) is 3.98. The monoisotopic (exact) mass is 277 g/mol. The van der Waals surface area contributed by atoms with E-state index in [1.165, 1.54) is 63.5 Å². The molecule has 2 heteroatoms. The third-order valence-corrected chi connectivity index (χ3v) is 3.98. The zero-order valence-electron chi connectivity index (χ0n) is 13.5. The van der Waals surface area contributed by atoms with E-state index >= 15 is 0 Å². The number of nitrogens with zero attached hydrogens (tertiary/aromatic N) is 1. The summed E-state index contributed by atoms with van der Waals surface area (Å²) in [5, 5.41) is 0. The molecule has 1 aromatic heterocycles. The van der Waals surface area contributed by atoms with Gasteiger partial charge in [0.1, 0.15) is 5.75 Å². The third kappa shape index (κ3) is 6.40. The van der Waals surface area contributed by atoms with Crippen LogP contribution in [0.1, 0.15) is 83.2 Å². The number of rotatable bonds is 11. The van der Waals surface area contributed by atoms with Gasteiger partial charge in [0.05, 0.1) is 13.3 Å². The van der Waals surface area contributed by atoms with Crippen molar-refractivity contribution in [3.63, 3.8) is 0 Å². The molecule has 0 aliphatic rings. The number of ether oxygens (including phenoxy) is 1. The molecule has 1 rings (SSSR count). The number of aromatic nitrogens is 1. The Morgan fingerprint density at radius 3 is 2.25 bits per heavy atom. The Kier molecular flexibility index (Phi) is 9.10. The highest BCUT2D eigenvalue weighted by atomic mass is 16.5. The van der Waals surface area contributed by atoms with Crippen molar-refractivity contribution in [2.24, 2.45) is 0 Å². The summed E-state index contributed by atoms with van der Waals surface area (Å²) >= 11 is 0. The van der Waals surface area contributed by atoms with Crippen LogP contribution >= 0.6 is 0 Å². The summed E-state index contributed by atoms with van der Waals surface area (Å²) in [6.07, 6.45) is 13.7. The minimum Gasteiger partial charge on any atom is -0.495 e. The molecule has 20 heavy (non-hydrogen) atoms. The molecule has 1 heterocycles. The summed E-state index contributed by atoms with van der Waals surface area (Å²) in [6, 6.07) is 4.18. The number of pyridine rings is 1. The van der Waals surface area contributed by atoms with Crippen molar-refractivity contribution >= 4 is 0 Å². The van der Waals surface area contributed by atoms with Crippen LogP contribution in [-0.2, 0) is 0 Å². The van der Waals surface area contributed by atoms with E-state index in [1.54, 1.807) is 7.11 Å². The van der Waals surface area contributed by atoms with Crippen LogP contribution in [0.3, 0.4) is 0 Å². The minimum atomic E-state index is 0.627. The van der Waals surface area contributed by atoms with E-state index < -0.39 is 0 Å². The van der Waals surface area contributed by atoms with Crippen LogP contribution in [0.2, 0.25) is 0 Å². The molecule has 0 bridgehead atoms. The zero-order valence-corrected chi connectivity index (χ0v) is 13.5. The minimum absolute atomic E-state index is 0.627. The largest absolute Gasteiger partial charge is 0.495 e. The van der Waals surface area contributed by atoms with Crippen LogP contribution in [-0.4, -0.2) is 12.1 Å². The van der Waals surface area contributed by atoms with Crippen LogP contribution in [0.4, 0.5) is 0 Å². The molecular weight excluding hydrogens is 246 g/mol. The molecule has 114 valence electrons. The number of hydrogen-bond donors (Lipinski definition) is 0. The summed E-state index contributed by atoms with van der Waals surface area (Å²) in [7, 11) is 1.69. The molecule has 1 unspecified atom stereocenters. The number of methoxy groups -OCH3 is 1. The molecular formula is C18H31NO. The highest BCUT2D eigenvalue weighted by Gasteiger charge is 2.12. The van der Waals surface area contributed by atoms with E-state index in [4.69, 9.17) is 4.74 Å². The van der Waals surface area contributed by atoms with E-state index in [-0.39, 0.29) is 0 Å². The lowest BCUT2D eigenvalue weighted by Gasteiger charge is -2.16. The maximum Gasteiger partial charge on any atom is 0.137 e. The predicted molar refractivity (Wildman–Crippen MR) is 86.4 cm³/mol. The van der Waals surface area contributed by atoms with Gasteiger partial charge in [-0.05, 0) is 25.0 Å². The summed E-state index contributed by atoms with van der Waals surface area (Å²) < 4.78 is 5.19. The van der Waals surface area contributed by atoms with Crippen LogP contribution in [0, 0.1) is 0 Å². The van der Waals surface area contributed by atoms with Crippen molar-refractivity contribution in [1.29, 1.82) is 0 Å². The lowest BCUT2D eigenvalue weighted by atomic mass is 9.92. The second-order valence-electron chi connectivity index (χ2n) is 5.66. The zero-order chi connectivity index (χ0) is 14.6. The first-order valence-corrected chi connectivity index (χ1v) is 8.31. The van der Waals surface area contributed by atoms with Gasteiger partial charge in [-0.3, -0.25) is 4.98 Å². The second-order valence-corrected chi connectivity index (χ2v) is 5.66. The molecule has 1 atom stereocenters. The Bertz CT molecular complexity index is 334. The van der Waals surface area contributed by atoms with E-state index in [2.05, 4.69) is 24.9 Å². The average molecular weight is 277 g/mol. The average Bonchev–Trinajstić information content (AvgIpc) is 2.50. The first-order chi connectivity index (χ1) is 9.81. The van der Waals surface area contributed by atoms with Crippen LogP contribution in [0.15, 0.2) is 18.3 Å². The SMILES string of the molecule is CCCCCCCC(CCCC)c1ccc(OC)cn1. The van der Waals surface area contributed by atoms with Gasteiger partial charge < -0.3 is 4.74 Å². The van der Waals surface area contributed by atoms with E-state index in [0.29, 0.717) is 5.92 Å². The Labute approximate surface area is 125 Å². The summed E-state index contributed by atoms with van der Waals surface area (Å²) in [5.41, 5.74) is 1.25. The van der Waals surface area contributed by atoms with Crippen LogP contribution in [0.5, 0.6) is 5.75 Å². The highest BCUT2D eigenvalue weighted by molar-refractivity contribution is 5.21. The lowest BCUT2D eigenvalue weighted by Crippen LogP contribution is -2.02. The maximum absolute atomic E-state index is 5.19. The fourth-order valence-electron chi connectivity index (χ4n) is 2.64. The first-order valence-electron chi connectivity index (χ1n) is 8.31. The van der Waals surface area contributed by atoms with Gasteiger partial charge in [0.2, 0.25) is 0 Å². The Morgan fingerprint density at radius 2 is 1.65 bits per heavy atom. The molecule has 0 saturated heterocycles. The highest BCUT2D eigenvalue weighted by Crippen LogP contribution is 2.27. The van der Waals surface area contributed by atoms with Crippen molar-refractivity contribution in [2.45, 2.75) is 77.6 Å². The summed E-state index contributed by atoms with van der Waals surface area (Å²) in [6.45, 7) is 4.53. The Morgan fingerprint density at radius 1 is 0.950 bits per heavy atom. The fraction of sp³-hybridized carbons (Fsp3) is 0.722. The normalized spacial score (nSPS) is 12.3. The van der Waals surface area contributed by atoms with Crippen molar-refractivity contribution < 1.29 is 4.74 Å². The standard InChI is InChI=1S/C18H31NO/c1-4-6-8-9-10-12-16(11-7-5-2)18-14-13-17(20-3)15-19-18/h13-16H,4-12H2,1-3H3. The van der Waals surface area contributed by atoms with Gasteiger partial charge in [-0.1, -0.05) is 58.8 Å². The Hall–Kier alpha value is -1.05. The van der Waals surface area contributed by atoms with Crippen molar-refractivity contribution in [1.82, 2.24) is 4.98 Å². The fourth-order valence-corrected chi connectivity index (χ4v) is 2.64. The van der Waals surface area contributed by atoms with Gasteiger partial charge in [0.25, 0.3) is 0 Å². The van der Waals surface area contributed by atoms with E-state index in [0.717, 1.165) is 5.75 Å². The molecule has 0 aliphatic heterocycles. The first kappa shape index (κ1) is 17.0. The van der Waals surface area contributed by atoms with Gasteiger partial charge in [-0.15, -0.1) is 0 Å². The molecule has 0 spiro atoms. The van der Waals surface area contributed by atoms with Crippen molar-refractivity contribution in [3.05, 3.63) is 24.0 Å². The molecule has 2 nitrogen and oxygen atoms in total. The maximum atomic E-state index is 5.19. The Balaban J connectivity index is 2.48. The molecule has 1 aromatic rings. The summed E-state index contributed by atoms with van der Waals surface area (Å²) in [5.74, 6) is 1.48. The van der Waals surface area contributed by atoms with Gasteiger partial charge in [0, 0.05) is 11.6 Å². The molecule has 0 fully saturated rings. The quantitative estimate of drug-likeness (QED) is 0.482. The van der Waals surface area contributed by atoms with Crippen LogP contribution in [0.25, 0.3) is 0 Å². The summed E-state index contributed by atoms with van der Waals surface area (Å²) in [4.78, 5) is 4.59. The van der Waals surface area contributed by atoms with Gasteiger partial charge >= 0.3 is 0 Å². The number of unbranched alkanes of at least 4 members (excludes halogenated alkanes) is 5. The van der Waals surface area contributed by atoms with Gasteiger partial charge in [-0.25, -0.2) is 0 Å². The number of hydrogen-bond acceptors (Lipinski definition) is 2. The molecule has 0 saturated carbocycles. The van der Waals surface area contributed by atoms with E-state index in [1.807, 2.05) is 12.3 Å². The molecule has 0 radical (unpaired) electrons. The smallest absolute Gasteiger partial charge is 0.137 e. The predicted octanol–water partition coefficient (Wildman–Crippen LogP) is 5.72. The lowest BCUT2D eigenvalue weighted by molar-refractivity contribution is 0.411. The van der Waals surface area contributed by atoms with Crippen molar-refractivity contribution in [2.75, 3.05) is 7.11 Å². The molecule has 0 amide bonds. The second kappa shape index (κ2) is 10.7. The van der Waals surface area contributed by atoms with E-state index in [9.17, 15) is 0 Å². The molecule has 0 N–H and O–H groups in total. The van der Waals surface area contributed by atoms with Gasteiger partial charge in [0.15, 0.2) is 0 Å². The molecule has 0 aliphatic carbocycles. The topological polar surface area (TPSA) is 22.1 Å². The van der Waals surface area contributed by atoms with Crippen LogP contribution < -0.4 is 4.74 Å². The van der Waals surface area contributed by atoms with Crippen molar-refractivity contribution in [3.8, 4) is 5.75 Å². The van der Waals surface area contributed by atoms with Gasteiger partial charge in [-0.2, -0.15) is 0 Å².